The standard InChI is InChI=1S/C14H13N2O10PS2/c17-15(18)11-1-5-13(6-2-11)28(21,22)9-25-27-26-10-29(23,24)14-7-3-12(4-8-14)16(19)20/h1-8,27H,9-10H2. The average Bonchev–Trinajstić information content (AvgIpc) is 2.67. The molecule has 0 atom stereocenters. The van der Waals surface area contributed by atoms with Gasteiger partial charge in [0.15, 0.2) is 20.9 Å². The first-order valence-corrected chi connectivity index (χ1v) is 11.6. The molecule has 2 aromatic carbocycles. The maximum absolute atomic E-state index is 12.1. The summed E-state index contributed by atoms with van der Waals surface area (Å²) in [6, 6.07) is 8.34. The number of rotatable bonds is 10. The van der Waals surface area contributed by atoms with Crippen molar-refractivity contribution in [2.45, 2.75) is 9.79 Å². The largest absolute Gasteiger partial charge is 0.320 e. The summed E-state index contributed by atoms with van der Waals surface area (Å²) < 4.78 is 57.9. The van der Waals surface area contributed by atoms with E-state index in [1.54, 1.807) is 0 Å². The van der Waals surface area contributed by atoms with Crippen LogP contribution in [0.1, 0.15) is 0 Å². The molecular weight excluding hydrogens is 451 g/mol. The highest BCUT2D eigenvalue weighted by Gasteiger charge is 2.19. The predicted octanol–water partition coefficient (Wildman–Crippen LogP) is 2.21. The third kappa shape index (κ3) is 6.24. The SMILES string of the molecule is O=[N+]([O-])c1ccc(S(=O)(=O)COPOCS(=O)(=O)c2ccc([N+](=O)[O-])cc2)cc1. The zero-order valence-corrected chi connectivity index (χ0v) is 17.0. The van der Waals surface area contributed by atoms with E-state index in [1.165, 1.54) is 0 Å². The Bertz CT molecular complexity index is 1010. The maximum atomic E-state index is 12.1. The highest BCUT2D eigenvalue weighted by molar-refractivity contribution is 7.91. The molecule has 156 valence electrons. The minimum atomic E-state index is -3.91. The summed E-state index contributed by atoms with van der Waals surface area (Å²) in [5, 5.41) is 21.1. The smallest absolute Gasteiger partial charge is 0.269 e. The van der Waals surface area contributed by atoms with Gasteiger partial charge < -0.3 is 9.05 Å². The van der Waals surface area contributed by atoms with Crippen molar-refractivity contribution in [3.8, 4) is 0 Å². The van der Waals surface area contributed by atoms with Gasteiger partial charge in [0.05, 0.1) is 19.6 Å². The van der Waals surface area contributed by atoms with E-state index < -0.39 is 50.4 Å². The molecule has 0 heterocycles. The van der Waals surface area contributed by atoms with Crippen LogP contribution < -0.4 is 0 Å². The van der Waals surface area contributed by atoms with Crippen LogP contribution in [-0.2, 0) is 28.7 Å². The van der Waals surface area contributed by atoms with E-state index in [4.69, 9.17) is 9.05 Å². The van der Waals surface area contributed by atoms with Gasteiger partial charge in [0, 0.05) is 24.3 Å². The highest BCUT2D eigenvalue weighted by Crippen LogP contribution is 2.23. The Morgan fingerprint density at radius 1 is 0.690 bits per heavy atom. The molecule has 2 rings (SSSR count). The summed E-state index contributed by atoms with van der Waals surface area (Å²) in [4.78, 5) is 19.4. The van der Waals surface area contributed by atoms with Crippen LogP contribution >= 0.6 is 9.03 Å². The number of non-ortho nitro benzene ring substituents is 2. The summed E-state index contributed by atoms with van der Waals surface area (Å²) in [7, 11) is -8.75. The summed E-state index contributed by atoms with van der Waals surface area (Å²) in [6.45, 7) is 0. The maximum Gasteiger partial charge on any atom is 0.269 e. The molecule has 0 saturated heterocycles. The van der Waals surface area contributed by atoms with Crippen molar-refractivity contribution in [3.63, 3.8) is 0 Å². The Hall–Kier alpha value is -2.51. The summed E-state index contributed by atoms with van der Waals surface area (Å²) in [5.41, 5.74) is -0.543. The summed E-state index contributed by atoms with van der Waals surface area (Å²) in [5.74, 6) is -1.64. The van der Waals surface area contributed by atoms with Gasteiger partial charge in [-0.3, -0.25) is 20.2 Å². The van der Waals surface area contributed by atoms with Crippen LogP contribution in [0.4, 0.5) is 11.4 Å². The molecule has 2 aromatic rings. The van der Waals surface area contributed by atoms with E-state index in [0.717, 1.165) is 48.5 Å². The van der Waals surface area contributed by atoms with E-state index in [0.29, 0.717) is 0 Å². The van der Waals surface area contributed by atoms with Gasteiger partial charge in [-0.05, 0) is 24.3 Å². The van der Waals surface area contributed by atoms with Crippen molar-refractivity contribution in [2.24, 2.45) is 0 Å². The van der Waals surface area contributed by atoms with Gasteiger partial charge in [-0.15, -0.1) is 0 Å². The van der Waals surface area contributed by atoms with Crippen molar-refractivity contribution in [2.75, 3.05) is 11.9 Å². The van der Waals surface area contributed by atoms with Crippen molar-refractivity contribution in [1.29, 1.82) is 0 Å². The first-order valence-electron chi connectivity index (χ1n) is 7.46. The molecular formula is C14H13N2O10PS2. The van der Waals surface area contributed by atoms with E-state index in [1.807, 2.05) is 0 Å². The third-order valence-corrected chi connectivity index (χ3v) is 7.14. The Morgan fingerprint density at radius 2 is 1.00 bits per heavy atom. The highest BCUT2D eigenvalue weighted by atomic mass is 32.2. The van der Waals surface area contributed by atoms with E-state index in [2.05, 4.69) is 0 Å². The fourth-order valence-electron chi connectivity index (χ4n) is 1.93. The van der Waals surface area contributed by atoms with Crippen LogP contribution in [0, 0.1) is 20.2 Å². The van der Waals surface area contributed by atoms with Crippen LogP contribution in [0.2, 0.25) is 0 Å². The molecule has 0 aromatic heterocycles. The van der Waals surface area contributed by atoms with Gasteiger partial charge in [-0.2, -0.15) is 0 Å². The molecule has 0 bridgehead atoms. The molecule has 15 heteroatoms. The molecule has 12 nitrogen and oxygen atoms in total. The zero-order chi connectivity index (χ0) is 21.7. The van der Waals surface area contributed by atoms with E-state index in [9.17, 15) is 37.1 Å². The molecule has 0 spiro atoms. The number of hydrogen-bond donors (Lipinski definition) is 0. The van der Waals surface area contributed by atoms with Crippen molar-refractivity contribution in [1.82, 2.24) is 0 Å². The molecule has 0 unspecified atom stereocenters. The number of nitrogens with zero attached hydrogens (tertiary/aromatic N) is 2. The monoisotopic (exact) mass is 464 g/mol. The molecule has 0 aliphatic rings. The number of hydrogen-bond acceptors (Lipinski definition) is 10. The van der Waals surface area contributed by atoms with E-state index >= 15 is 0 Å². The Balaban J connectivity index is 1.86. The van der Waals surface area contributed by atoms with Crippen molar-refractivity contribution in [3.05, 3.63) is 68.8 Å². The average molecular weight is 464 g/mol. The molecule has 0 saturated carbocycles. The first kappa shape index (κ1) is 22.8. The number of benzene rings is 2. The lowest BCUT2D eigenvalue weighted by molar-refractivity contribution is -0.385. The van der Waals surface area contributed by atoms with Gasteiger partial charge in [-0.1, -0.05) is 0 Å². The van der Waals surface area contributed by atoms with Gasteiger partial charge in [0.1, 0.15) is 0 Å². The lowest BCUT2D eigenvalue weighted by Crippen LogP contribution is -2.09. The van der Waals surface area contributed by atoms with Gasteiger partial charge in [0.2, 0.25) is 19.7 Å². The lowest BCUT2D eigenvalue weighted by atomic mass is 10.3. The van der Waals surface area contributed by atoms with Crippen LogP contribution in [0.5, 0.6) is 0 Å². The number of nitro groups is 2. The van der Waals surface area contributed by atoms with Gasteiger partial charge >= 0.3 is 0 Å². The van der Waals surface area contributed by atoms with Gasteiger partial charge in [-0.25, -0.2) is 16.8 Å². The Labute approximate surface area is 166 Å². The van der Waals surface area contributed by atoms with Crippen LogP contribution in [0.15, 0.2) is 58.3 Å². The lowest BCUT2D eigenvalue weighted by Gasteiger charge is -2.07. The topological polar surface area (TPSA) is 173 Å². The zero-order valence-electron chi connectivity index (χ0n) is 14.3. The quantitative estimate of drug-likeness (QED) is 0.219. The second-order valence-corrected chi connectivity index (χ2v) is 9.96. The third-order valence-electron chi connectivity index (χ3n) is 3.36. The molecule has 0 aliphatic heterocycles. The number of sulfone groups is 2. The second kappa shape index (κ2) is 9.33. The van der Waals surface area contributed by atoms with E-state index in [-0.39, 0.29) is 21.2 Å². The van der Waals surface area contributed by atoms with Crippen molar-refractivity contribution >= 4 is 40.1 Å². The fraction of sp³-hybridized carbons (Fsp3) is 0.143. The molecule has 0 fully saturated rings. The second-order valence-electron chi connectivity index (χ2n) is 5.34. The minimum absolute atomic E-state index is 0.202. The normalized spacial score (nSPS) is 11.9. The van der Waals surface area contributed by atoms with Crippen molar-refractivity contribution < 1.29 is 35.7 Å². The molecule has 0 aliphatic carbocycles. The predicted molar refractivity (Wildman–Crippen MR) is 101 cm³/mol. The fourth-order valence-corrected chi connectivity index (χ4v) is 5.01. The molecule has 0 radical (unpaired) electrons. The summed E-state index contributed by atoms with van der Waals surface area (Å²) >= 11 is 0. The first-order chi connectivity index (χ1) is 13.5. The summed E-state index contributed by atoms with van der Waals surface area (Å²) in [6.07, 6.45) is 0. The molecule has 0 amide bonds. The van der Waals surface area contributed by atoms with Crippen LogP contribution in [0.25, 0.3) is 0 Å². The van der Waals surface area contributed by atoms with Gasteiger partial charge in [0.25, 0.3) is 11.4 Å². The van der Waals surface area contributed by atoms with Crippen LogP contribution in [-0.4, -0.2) is 38.6 Å². The molecule has 0 N–H and O–H groups in total. The minimum Gasteiger partial charge on any atom is -0.320 e. The van der Waals surface area contributed by atoms with Crippen LogP contribution in [0.3, 0.4) is 0 Å². The number of nitro benzene ring substituents is 2. The molecule has 29 heavy (non-hydrogen) atoms. The Morgan fingerprint density at radius 3 is 1.28 bits per heavy atom. The Kier molecular flexibility index (Phi) is 7.32.